The van der Waals surface area contributed by atoms with Crippen molar-refractivity contribution in [1.29, 1.82) is 0 Å². The summed E-state index contributed by atoms with van der Waals surface area (Å²) in [5, 5.41) is 0. The van der Waals surface area contributed by atoms with Crippen LogP contribution in [-0.2, 0) is 11.3 Å². The van der Waals surface area contributed by atoms with E-state index in [1.54, 1.807) is 17.0 Å². The minimum absolute atomic E-state index is 0.0225. The van der Waals surface area contributed by atoms with Crippen LogP contribution < -0.4 is 4.90 Å². The molecule has 0 saturated carbocycles. The van der Waals surface area contributed by atoms with E-state index in [1.165, 1.54) is 23.9 Å². The van der Waals surface area contributed by atoms with E-state index >= 15 is 0 Å². The first-order valence-corrected chi connectivity index (χ1v) is 12.4. The quantitative estimate of drug-likeness (QED) is 0.492. The number of piperazine rings is 1. The van der Waals surface area contributed by atoms with Crippen molar-refractivity contribution in [3.63, 3.8) is 0 Å². The Kier molecular flexibility index (Phi) is 6.70. The Labute approximate surface area is 208 Å². The molecule has 2 heterocycles. The molecule has 2 amide bonds. The second-order valence-corrected chi connectivity index (χ2v) is 9.90. The number of hydrogen-bond donors (Lipinski definition) is 0. The zero-order valence-electron chi connectivity index (χ0n) is 19.5. The van der Waals surface area contributed by atoms with Crippen LogP contribution in [-0.4, -0.2) is 54.8 Å². The fourth-order valence-corrected chi connectivity index (χ4v) is 5.30. The number of carbonyl (C=O) groups is 2. The van der Waals surface area contributed by atoms with Gasteiger partial charge in [-0.15, -0.1) is 0 Å². The number of hydrogen-bond acceptors (Lipinski definition) is 4. The maximum absolute atomic E-state index is 13.6. The molecule has 5 rings (SSSR count). The average molecular weight is 488 g/mol. The van der Waals surface area contributed by atoms with Crippen molar-refractivity contribution in [3.05, 3.63) is 100 Å². The lowest BCUT2D eigenvalue weighted by Crippen LogP contribution is -2.47. The number of halogens is 1. The standard InChI is InChI=1S/C28H26FN3O2S/c1-30-13-15-31(16-14-30)27(33)22-9-12-25-24(18-22)32(19-21-7-10-23(29)11-8-21)28(34)26(35-25)17-20-5-3-2-4-6-20/h2-12,17-18H,13-16,19H2,1H3/b26-17-. The van der Waals surface area contributed by atoms with Gasteiger partial charge in [0.2, 0.25) is 0 Å². The summed E-state index contributed by atoms with van der Waals surface area (Å²) < 4.78 is 13.5. The summed E-state index contributed by atoms with van der Waals surface area (Å²) in [5.74, 6) is -0.482. The molecule has 0 radical (unpaired) electrons. The van der Waals surface area contributed by atoms with E-state index in [0.717, 1.165) is 29.1 Å². The van der Waals surface area contributed by atoms with Gasteiger partial charge in [-0.3, -0.25) is 9.59 Å². The molecule has 2 aliphatic heterocycles. The first-order valence-electron chi connectivity index (χ1n) is 11.6. The molecule has 3 aromatic rings. The van der Waals surface area contributed by atoms with Gasteiger partial charge in [0.1, 0.15) is 5.82 Å². The van der Waals surface area contributed by atoms with E-state index in [9.17, 15) is 14.0 Å². The summed E-state index contributed by atoms with van der Waals surface area (Å²) in [6.45, 7) is 3.34. The molecule has 5 nitrogen and oxygen atoms in total. The number of rotatable bonds is 4. The van der Waals surface area contributed by atoms with Gasteiger partial charge in [-0.2, -0.15) is 0 Å². The van der Waals surface area contributed by atoms with Crippen molar-refractivity contribution in [2.75, 3.05) is 38.1 Å². The average Bonchev–Trinajstić information content (AvgIpc) is 2.88. The van der Waals surface area contributed by atoms with E-state index in [2.05, 4.69) is 11.9 Å². The summed E-state index contributed by atoms with van der Waals surface area (Å²) in [6, 6.07) is 21.5. The molecule has 3 aromatic carbocycles. The van der Waals surface area contributed by atoms with Gasteiger partial charge in [0.05, 0.1) is 17.1 Å². The lowest BCUT2D eigenvalue weighted by molar-refractivity contribution is -0.114. The minimum atomic E-state index is -0.320. The third-order valence-corrected chi connectivity index (χ3v) is 7.39. The highest BCUT2D eigenvalue weighted by Crippen LogP contribution is 2.43. The first-order chi connectivity index (χ1) is 17.0. The number of amides is 2. The van der Waals surface area contributed by atoms with Crippen LogP contribution >= 0.6 is 11.8 Å². The van der Waals surface area contributed by atoms with E-state index in [4.69, 9.17) is 0 Å². The van der Waals surface area contributed by atoms with Crippen molar-refractivity contribution in [2.45, 2.75) is 11.4 Å². The van der Waals surface area contributed by atoms with E-state index in [0.29, 0.717) is 29.2 Å². The Bertz CT molecular complexity index is 1270. The Balaban J connectivity index is 1.51. The van der Waals surface area contributed by atoms with Gasteiger partial charge in [0.25, 0.3) is 11.8 Å². The maximum Gasteiger partial charge on any atom is 0.265 e. The van der Waals surface area contributed by atoms with Gasteiger partial charge in [-0.05, 0) is 54.6 Å². The molecule has 2 aliphatic rings. The van der Waals surface area contributed by atoms with Gasteiger partial charge in [-0.25, -0.2) is 4.39 Å². The number of carbonyl (C=O) groups excluding carboxylic acids is 2. The Hall–Kier alpha value is -3.42. The van der Waals surface area contributed by atoms with E-state index < -0.39 is 0 Å². The zero-order valence-corrected chi connectivity index (χ0v) is 20.3. The highest BCUT2D eigenvalue weighted by Gasteiger charge is 2.31. The topological polar surface area (TPSA) is 43.9 Å². The summed E-state index contributed by atoms with van der Waals surface area (Å²) in [5.41, 5.74) is 3.03. The van der Waals surface area contributed by atoms with Crippen molar-refractivity contribution >= 4 is 35.3 Å². The van der Waals surface area contributed by atoms with E-state index in [-0.39, 0.29) is 24.2 Å². The lowest BCUT2D eigenvalue weighted by atomic mass is 10.1. The van der Waals surface area contributed by atoms with Gasteiger partial charge in [0, 0.05) is 36.6 Å². The summed E-state index contributed by atoms with van der Waals surface area (Å²) >= 11 is 1.41. The fraction of sp³-hybridized carbons (Fsp3) is 0.214. The Morgan fingerprint density at radius 3 is 2.40 bits per heavy atom. The van der Waals surface area contributed by atoms with Gasteiger partial charge < -0.3 is 14.7 Å². The SMILES string of the molecule is CN1CCN(C(=O)c2ccc3c(c2)N(Cc2ccc(F)cc2)C(=O)/C(=C/c2ccccc2)S3)CC1. The smallest absolute Gasteiger partial charge is 0.265 e. The van der Waals surface area contributed by atoms with Crippen molar-refractivity contribution in [1.82, 2.24) is 9.80 Å². The molecule has 1 fully saturated rings. The molecule has 0 unspecified atom stereocenters. The van der Waals surface area contributed by atoms with Crippen LogP contribution in [0.5, 0.6) is 0 Å². The van der Waals surface area contributed by atoms with Crippen LogP contribution in [0.3, 0.4) is 0 Å². The number of likely N-dealkylation sites (N-methyl/N-ethyl adjacent to an activating group) is 1. The molecule has 0 bridgehead atoms. The number of nitrogens with zero attached hydrogens (tertiary/aromatic N) is 3. The number of thioether (sulfide) groups is 1. The van der Waals surface area contributed by atoms with E-state index in [1.807, 2.05) is 59.5 Å². The second-order valence-electron chi connectivity index (χ2n) is 8.82. The number of anilines is 1. The molecule has 7 heteroatoms. The zero-order chi connectivity index (χ0) is 24.4. The Morgan fingerprint density at radius 1 is 0.971 bits per heavy atom. The third-order valence-electron chi connectivity index (χ3n) is 6.31. The molecular weight excluding hydrogens is 461 g/mol. The molecule has 0 atom stereocenters. The predicted octanol–water partition coefficient (Wildman–Crippen LogP) is 4.89. The van der Waals surface area contributed by atoms with Crippen LogP contribution in [0, 0.1) is 5.82 Å². The van der Waals surface area contributed by atoms with Gasteiger partial charge in [0.15, 0.2) is 0 Å². The van der Waals surface area contributed by atoms with Crippen molar-refractivity contribution in [3.8, 4) is 0 Å². The molecule has 0 N–H and O–H groups in total. The molecule has 1 saturated heterocycles. The fourth-order valence-electron chi connectivity index (χ4n) is 4.27. The van der Waals surface area contributed by atoms with Gasteiger partial charge >= 0.3 is 0 Å². The number of fused-ring (bicyclic) bond motifs is 1. The van der Waals surface area contributed by atoms with Crippen molar-refractivity contribution < 1.29 is 14.0 Å². The maximum atomic E-state index is 13.6. The monoisotopic (exact) mass is 487 g/mol. The van der Waals surface area contributed by atoms with Crippen LogP contribution in [0.25, 0.3) is 6.08 Å². The summed E-state index contributed by atoms with van der Waals surface area (Å²) in [4.78, 5) is 34.1. The highest BCUT2D eigenvalue weighted by molar-refractivity contribution is 8.04. The van der Waals surface area contributed by atoms with Gasteiger partial charge in [-0.1, -0.05) is 54.2 Å². The van der Waals surface area contributed by atoms with Crippen LogP contribution in [0.15, 0.2) is 82.6 Å². The molecule has 35 heavy (non-hydrogen) atoms. The second kappa shape index (κ2) is 10.1. The largest absolute Gasteiger partial charge is 0.336 e. The Morgan fingerprint density at radius 2 is 1.69 bits per heavy atom. The highest BCUT2D eigenvalue weighted by atomic mass is 32.2. The molecule has 0 aromatic heterocycles. The lowest BCUT2D eigenvalue weighted by Gasteiger charge is -2.33. The molecule has 178 valence electrons. The summed E-state index contributed by atoms with van der Waals surface area (Å²) in [7, 11) is 2.05. The van der Waals surface area contributed by atoms with Crippen molar-refractivity contribution in [2.24, 2.45) is 0 Å². The molecule has 0 spiro atoms. The normalized spacial score (nSPS) is 17.5. The van der Waals surface area contributed by atoms with Crippen LogP contribution in [0.1, 0.15) is 21.5 Å². The molecule has 0 aliphatic carbocycles. The first kappa shape index (κ1) is 23.3. The third kappa shape index (κ3) is 5.16. The summed E-state index contributed by atoms with van der Waals surface area (Å²) in [6.07, 6.45) is 1.89. The number of benzene rings is 3. The minimum Gasteiger partial charge on any atom is -0.336 e. The molecular formula is C28H26FN3O2S. The van der Waals surface area contributed by atoms with Crippen LogP contribution in [0.2, 0.25) is 0 Å². The predicted molar refractivity (Wildman–Crippen MR) is 138 cm³/mol. The van der Waals surface area contributed by atoms with Crippen LogP contribution in [0.4, 0.5) is 10.1 Å².